The Balaban J connectivity index is 1.89. The third kappa shape index (κ3) is 1.26. The van der Waals surface area contributed by atoms with Crippen molar-refractivity contribution in [2.24, 2.45) is 5.41 Å². The average molecular weight is 208 g/mol. The van der Waals surface area contributed by atoms with Crippen LogP contribution >= 0.6 is 0 Å². The molecule has 0 radical (unpaired) electrons. The summed E-state index contributed by atoms with van der Waals surface area (Å²) in [5.41, 5.74) is 0.377. The van der Waals surface area contributed by atoms with Crippen LogP contribution in [-0.4, -0.2) is 21.2 Å². The Kier molecular flexibility index (Phi) is 1.66. The molecule has 80 valence electrons. The van der Waals surface area contributed by atoms with E-state index in [-0.39, 0.29) is 5.82 Å². The Labute approximate surface area is 86.5 Å². The highest BCUT2D eigenvalue weighted by atomic mass is 16.5. The van der Waals surface area contributed by atoms with Crippen LogP contribution in [0.4, 0.5) is 0 Å². The lowest BCUT2D eigenvalue weighted by atomic mass is 9.93. The van der Waals surface area contributed by atoms with Gasteiger partial charge < -0.3 is 9.63 Å². The standard InChI is InChI=1S/C10H12N2O3/c13-9(14)7-11-8(15-12-7)6-2-1-3-10(6)4-5-10/h6H,1-5H2,(H,13,14). The van der Waals surface area contributed by atoms with Crippen LogP contribution in [-0.2, 0) is 0 Å². The van der Waals surface area contributed by atoms with E-state index in [9.17, 15) is 4.79 Å². The smallest absolute Gasteiger partial charge is 0.377 e. The molecule has 2 saturated carbocycles. The molecule has 3 rings (SSSR count). The molecule has 2 aliphatic rings. The first-order valence-electron chi connectivity index (χ1n) is 5.28. The molecule has 1 N–H and O–H groups in total. The third-order valence-electron chi connectivity index (χ3n) is 3.73. The predicted molar refractivity (Wildman–Crippen MR) is 49.5 cm³/mol. The summed E-state index contributed by atoms with van der Waals surface area (Å²) < 4.78 is 5.04. The summed E-state index contributed by atoms with van der Waals surface area (Å²) in [5, 5.41) is 12.2. The number of nitrogens with zero attached hydrogens (tertiary/aromatic N) is 2. The number of aromatic nitrogens is 2. The number of aromatic carboxylic acids is 1. The molecule has 0 bridgehead atoms. The molecule has 0 aromatic carbocycles. The van der Waals surface area contributed by atoms with Gasteiger partial charge >= 0.3 is 5.97 Å². The molecule has 1 spiro atoms. The summed E-state index contributed by atoms with van der Waals surface area (Å²) in [4.78, 5) is 14.6. The molecule has 1 aromatic heterocycles. The van der Waals surface area contributed by atoms with Gasteiger partial charge in [0, 0.05) is 5.92 Å². The summed E-state index contributed by atoms with van der Waals surface area (Å²) in [6, 6.07) is 0. The van der Waals surface area contributed by atoms with E-state index < -0.39 is 5.97 Å². The predicted octanol–water partition coefficient (Wildman–Crippen LogP) is 1.82. The van der Waals surface area contributed by atoms with Crippen molar-refractivity contribution in [3.05, 3.63) is 11.7 Å². The van der Waals surface area contributed by atoms with Gasteiger partial charge in [-0.25, -0.2) is 4.79 Å². The highest BCUT2D eigenvalue weighted by Crippen LogP contribution is 2.64. The van der Waals surface area contributed by atoms with Crippen molar-refractivity contribution in [1.29, 1.82) is 0 Å². The van der Waals surface area contributed by atoms with Crippen LogP contribution in [0.2, 0.25) is 0 Å². The highest BCUT2D eigenvalue weighted by Gasteiger charge is 2.54. The second kappa shape index (κ2) is 2.81. The molecule has 5 nitrogen and oxygen atoms in total. The van der Waals surface area contributed by atoms with Crippen molar-refractivity contribution in [3.8, 4) is 0 Å². The first-order chi connectivity index (χ1) is 7.21. The summed E-state index contributed by atoms with van der Waals surface area (Å²) in [6.07, 6.45) is 5.92. The van der Waals surface area contributed by atoms with Crippen LogP contribution in [0, 0.1) is 5.41 Å². The molecule has 2 fully saturated rings. The topological polar surface area (TPSA) is 76.2 Å². The van der Waals surface area contributed by atoms with E-state index in [0.717, 1.165) is 6.42 Å². The van der Waals surface area contributed by atoms with Crippen molar-refractivity contribution in [3.63, 3.8) is 0 Å². The molecule has 15 heavy (non-hydrogen) atoms. The summed E-state index contributed by atoms with van der Waals surface area (Å²) in [7, 11) is 0. The molecule has 0 amide bonds. The zero-order valence-corrected chi connectivity index (χ0v) is 8.27. The highest BCUT2D eigenvalue weighted by molar-refractivity contribution is 5.82. The lowest BCUT2D eigenvalue weighted by Gasteiger charge is -2.12. The molecule has 2 aliphatic carbocycles. The maximum Gasteiger partial charge on any atom is 0.377 e. The molecule has 1 heterocycles. The Morgan fingerprint density at radius 2 is 2.27 bits per heavy atom. The van der Waals surface area contributed by atoms with Crippen molar-refractivity contribution in [2.75, 3.05) is 0 Å². The first kappa shape index (κ1) is 8.88. The monoisotopic (exact) mass is 208 g/mol. The summed E-state index contributed by atoms with van der Waals surface area (Å²) >= 11 is 0. The molecular formula is C10H12N2O3. The minimum atomic E-state index is -1.12. The minimum Gasteiger partial charge on any atom is -0.475 e. The summed E-state index contributed by atoms with van der Waals surface area (Å²) in [6.45, 7) is 0. The van der Waals surface area contributed by atoms with Crippen LogP contribution < -0.4 is 0 Å². The van der Waals surface area contributed by atoms with Crippen molar-refractivity contribution in [1.82, 2.24) is 10.1 Å². The zero-order valence-electron chi connectivity index (χ0n) is 8.27. The van der Waals surface area contributed by atoms with E-state index in [1.165, 1.54) is 25.7 Å². The van der Waals surface area contributed by atoms with E-state index >= 15 is 0 Å². The lowest BCUT2D eigenvalue weighted by molar-refractivity contribution is 0.0680. The van der Waals surface area contributed by atoms with Crippen LogP contribution in [0.5, 0.6) is 0 Å². The Morgan fingerprint density at radius 3 is 2.87 bits per heavy atom. The fraction of sp³-hybridized carbons (Fsp3) is 0.700. The minimum absolute atomic E-state index is 0.215. The Hall–Kier alpha value is -1.39. The van der Waals surface area contributed by atoms with Gasteiger partial charge in [0.25, 0.3) is 5.82 Å². The van der Waals surface area contributed by atoms with Gasteiger partial charge in [-0.05, 0) is 36.3 Å². The van der Waals surface area contributed by atoms with Gasteiger partial charge in [0.05, 0.1) is 0 Å². The van der Waals surface area contributed by atoms with E-state index in [1.54, 1.807) is 0 Å². The molecule has 1 atom stereocenters. The normalized spacial score (nSPS) is 27.1. The third-order valence-corrected chi connectivity index (χ3v) is 3.73. The van der Waals surface area contributed by atoms with E-state index in [0.29, 0.717) is 17.2 Å². The fourth-order valence-electron chi connectivity index (χ4n) is 2.75. The largest absolute Gasteiger partial charge is 0.475 e. The lowest BCUT2D eigenvalue weighted by Crippen LogP contribution is -2.07. The van der Waals surface area contributed by atoms with Crippen LogP contribution in [0.15, 0.2) is 4.52 Å². The molecule has 1 unspecified atom stereocenters. The quantitative estimate of drug-likeness (QED) is 0.802. The van der Waals surface area contributed by atoms with Gasteiger partial charge in [0.2, 0.25) is 5.89 Å². The number of carboxylic acids is 1. The van der Waals surface area contributed by atoms with Crippen molar-refractivity contribution in [2.45, 2.75) is 38.0 Å². The number of rotatable bonds is 2. The number of carboxylic acid groups (broad SMARTS) is 1. The van der Waals surface area contributed by atoms with Gasteiger partial charge in [0.15, 0.2) is 0 Å². The van der Waals surface area contributed by atoms with Crippen molar-refractivity contribution >= 4 is 5.97 Å². The molecular weight excluding hydrogens is 196 g/mol. The number of hydrogen-bond donors (Lipinski definition) is 1. The number of carbonyl (C=O) groups is 1. The van der Waals surface area contributed by atoms with Crippen LogP contribution in [0.1, 0.15) is 54.5 Å². The maximum atomic E-state index is 10.6. The molecule has 0 saturated heterocycles. The SMILES string of the molecule is O=C(O)c1noc(C2CCCC23CC3)n1. The van der Waals surface area contributed by atoms with Crippen LogP contribution in [0.3, 0.4) is 0 Å². The van der Waals surface area contributed by atoms with Crippen molar-refractivity contribution < 1.29 is 14.4 Å². The van der Waals surface area contributed by atoms with Gasteiger partial charge in [-0.3, -0.25) is 0 Å². The molecule has 5 heteroatoms. The van der Waals surface area contributed by atoms with Gasteiger partial charge in [-0.15, -0.1) is 0 Å². The zero-order chi connectivity index (χ0) is 10.5. The first-order valence-corrected chi connectivity index (χ1v) is 5.28. The maximum absolute atomic E-state index is 10.6. The Bertz CT molecular complexity index is 409. The van der Waals surface area contributed by atoms with Gasteiger partial charge in [-0.2, -0.15) is 4.98 Å². The second-order valence-electron chi connectivity index (χ2n) is 4.57. The van der Waals surface area contributed by atoms with E-state index in [4.69, 9.17) is 9.63 Å². The Morgan fingerprint density at radius 1 is 1.47 bits per heavy atom. The van der Waals surface area contributed by atoms with Crippen LogP contribution in [0.25, 0.3) is 0 Å². The molecule has 0 aliphatic heterocycles. The van der Waals surface area contributed by atoms with E-state index in [1.807, 2.05) is 0 Å². The fourth-order valence-corrected chi connectivity index (χ4v) is 2.75. The second-order valence-corrected chi connectivity index (χ2v) is 4.57. The van der Waals surface area contributed by atoms with Gasteiger partial charge in [0.1, 0.15) is 0 Å². The van der Waals surface area contributed by atoms with Gasteiger partial charge in [-0.1, -0.05) is 6.42 Å². The molecule has 1 aromatic rings. The summed E-state index contributed by atoms with van der Waals surface area (Å²) in [5.74, 6) is -0.499. The number of hydrogen-bond acceptors (Lipinski definition) is 4. The average Bonchev–Trinajstić information content (AvgIpc) is 2.63. The van der Waals surface area contributed by atoms with E-state index in [2.05, 4.69) is 10.1 Å².